The summed E-state index contributed by atoms with van der Waals surface area (Å²) in [5.41, 5.74) is 11.8. The number of nitrogens with zero attached hydrogens (tertiary/aromatic N) is 2. The summed E-state index contributed by atoms with van der Waals surface area (Å²) in [5.74, 6) is 0. The minimum absolute atomic E-state index is 1.13. The number of rotatable bonds is 10. The fraction of sp³-hybridized carbons (Fsp3) is 0.0909. The largest absolute Gasteiger partial charge is 0.310 e. The molecule has 12 aromatic rings. The number of hydrogen-bond acceptors (Lipinski definition) is 2. The van der Waals surface area contributed by atoms with Crippen molar-refractivity contribution in [1.82, 2.24) is 0 Å². The quantitative estimate of drug-likeness (QED) is 0.0996. The Morgan fingerprint density at radius 1 is 0.271 bits per heavy atom. The third-order valence-electron chi connectivity index (χ3n) is 14.5. The molecule has 0 spiro atoms. The van der Waals surface area contributed by atoms with Crippen LogP contribution in [0.25, 0.3) is 76.1 Å². The minimum Gasteiger partial charge on any atom is -0.310 e. The van der Waals surface area contributed by atoms with Crippen molar-refractivity contribution in [3.05, 3.63) is 231 Å². The third kappa shape index (κ3) is 7.56. The molecule has 0 saturated heterocycles. The lowest BCUT2D eigenvalue weighted by molar-refractivity contribution is 1.30. The van der Waals surface area contributed by atoms with Crippen LogP contribution in [0.3, 0.4) is 0 Å². The third-order valence-corrected chi connectivity index (χ3v) is 18.6. The molecule has 0 atom stereocenters. The highest BCUT2D eigenvalue weighted by Crippen LogP contribution is 2.53. The van der Waals surface area contributed by atoms with Gasteiger partial charge < -0.3 is 9.80 Å². The van der Waals surface area contributed by atoms with Gasteiger partial charge in [0.05, 0.1) is 27.5 Å². The molecule has 0 aromatic heterocycles. The first-order valence-electron chi connectivity index (χ1n) is 24.7. The van der Waals surface area contributed by atoms with Gasteiger partial charge in [-0.1, -0.05) is 220 Å². The summed E-state index contributed by atoms with van der Waals surface area (Å²) >= 11 is 0. The molecular weight excluding hydrogens is 877 g/mol. The number of hydrogen-bond donors (Lipinski definition) is 0. The summed E-state index contributed by atoms with van der Waals surface area (Å²) in [5, 5.41) is 15.2. The van der Waals surface area contributed by atoms with Crippen LogP contribution in [0, 0.1) is 0 Å². The Morgan fingerprint density at radius 2 is 0.600 bits per heavy atom. The molecule has 12 rings (SSSR count). The standard InChI is InChI=1S/C66H56N2Si2/c1-69(2,3)55-33-29-51(30-34-55)67(53-27-25-45-17-13-15-23-49(45)43-53)61-41-39-59-63(47-19-9-7-10-20-47)64(48-21-11-8-12-22-48)60-40-42-62(58-38-37-57(61)65(59)66(58)60)68(52-31-35-56(36-32-52)70(4,5)6)54-28-26-46-18-14-16-24-50(46)44-54/h7-44H,1-6H3. The van der Waals surface area contributed by atoms with Crippen molar-refractivity contribution < 1.29 is 0 Å². The molecule has 12 aromatic carbocycles. The minimum atomic E-state index is -1.56. The summed E-state index contributed by atoms with van der Waals surface area (Å²) in [4.78, 5) is 4.99. The Morgan fingerprint density at radius 3 is 0.971 bits per heavy atom. The van der Waals surface area contributed by atoms with E-state index in [9.17, 15) is 0 Å². The molecule has 4 heteroatoms. The molecule has 0 unspecified atom stereocenters. The molecule has 338 valence electrons. The van der Waals surface area contributed by atoms with Crippen LogP contribution in [0.1, 0.15) is 0 Å². The van der Waals surface area contributed by atoms with E-state index < -0.39 is 16.1 Å². The Hall–Kier alpha value is -7.77. The Labute approximate surface area is 414 Å². The smallest absolute Gasteiger partial charge is 0.0775 e. The lowest BCUT2D eigenvalue weighted by atomic mass is 9.81. The zero-order chi connectivity index (χ0) is 47.7. The van der Waals surface area contributed by atoms with Gasteiger partial charge in [0.2, 0.25) is 0 Å². The molecule has 0 aliphatic rings. The Balaban J connectivity index is 1.20. The van der Waals surface area contributed by atoms with Crippen molar-refractivity contribution in [3.63, 3.8) is 0 Å². The van der Waals surface area contributed by atoms with Gasteiger partial charge in [0.25, 0.3) is 0 Å². The average Bonchev–Trinajstić information content (AvgIpc) is 3.38. The van der Waals surface area contributed by atoms with E-state index in [1.54, 1.807) is 0 Å². The van der Waals surface area contributed by atoms with Crippen LogP contribution in [0.15, 0.2) is 231 Å². The van der Waals surface area contributed by atoms with Gasteiger partial charge in [0, 0.05) is 44.3 Å². The molecule has 70 heavy (non-hydrogen) atoms. The Kier molecular flexibility index (Phi) is 10.6. The van der Waals surface area contributed by atoms with Gasteiger partial charge >= 0.3 is 0 Å². The predicted molar refractivity (Wildman–Crippen MR) is 311 cm³/mol. The molecular formula is C66H56N2Si2. The van der Waals surface area contributed by atoms with Crippen LogP contribution >= 0.6 is 0 Å². The van der Waals surface area contributed by atoms with Crippen LogP contribution in [0.2, 0.25) is 39.3 Å². The first kappa shape index (κ1) is 43.5. The van der Waals surface area contributed by atoms with E-state index in [1.165, 1.54) is 86.5 Å². The Bertz CT molecular complexity index is 3630. The summed E-state index contributed by atoms with van der Waals surface area (Å²) in [6.07, 6.45) is 0. The van der Waals surface area contributed by atoms with Gasteiger partial charge in [-0.15, -0.1) is 0 Å². The first-order valence-corrected chi connectivity index (χ1v) is 31.7. The summed E-state index contributed by atoms with van der Waals surface area (Å²) in [6.45, 7) is 14.6. The second kappa shape index (κ2) is 17.0. The van der Waals surface area contributed by atoms with Gasteiger partial charge in [-0.3, -0.25) is 0 Å². The zero-order valence-corrected chi connectivity index (χ0v) is 42.8. The lowest BCUT2D eigenvalue weighted by Crippen LogP contribution is -2.37. The summed E-state index contributed by atoms with van der Waals surface area (Å²) in [6, 6.07) is 86.6. The van der Waals surface area contributed by atoms with Crippen molar-refractivity contribution in [2.45, 2.75) is 39.3 Å². The van der Waals surface area contributed by atoms with Gasteiger partial charge in [-0.2, -0.15) is 0 Å². The van der Waals surface area contributed by atoms with E-state index in [1.807, 2.05) is 0 Å². The molecule has 0 aliphatic heterocycles. The van der Waals surface area contributed by atoms with E-state index in [2.05, 4.69) is 280 Å². The van der Waals surface area contributed by atoms with Crippen LogP contribution in [0.4, 0.5) is 34.1 Å². The highest BCUT2D eigenvalue weighted by atomic mass is 28.3. The maximum atomic E-state index is 2.50. The van der Waals surface area contributed by atoms with E-state index in [0.717, 1.165) is 34.1 Å². The molecule has 0 fully saturated rings. The second-order valence-electron chi connectivity index (χ2n) is 21.0. The highest BCUT2D eigenvalue weighted by molar-refractivity contribution is 6.89. The summed E-state index contributed by atoms with van der Waals surface area (Å²) in [7, 11) is -3.11. The average molecular weight is 933 g/mol. The van der Waals surface area contributed by atoms with Crippen molar-refractivity contribution in [1.29, 1.82) is 0 Å². The van der Waals surface area contributed by atoms with E-state index >= 15 is 0 Å². The van der Waals surface area contributed by atoms with Crippen molar-refractivity contribution >= 4 is 115 Å². The van der Waals surface area contributed by atoms with Crippen LogP contribution in [-0.4, -0.2) is 16.1 Å². The molecule has 0 amide bonds. The van der Waals surface area contributed by atoms with Crippen molar-refractivity contribution in [2.24, 2.45) is 0 Å². The monoisotopic (exact) mass is 932 g/mol. The molecule has 0 heterocycles. The molecule has 0 N–H and O–H groups in total. The number of benzene rings is 12. The van der Waals surface area contributed by atoms with Crippen molar-refractivity contribution in [3.8, 4) is 22.3 Å². The maximum absolute atomic E-state index is 2.50. The molecule has 2 nitrogen and oxygen atoms in total. The first-order chi connectivity index (χ1) is 34.0. The molecule has 0 aliphatic carbocycles. The van der Waals surface area contributed by atoms with E-state index in [-0.39, 0.29) is 0 Å². The fourth-order valence-electron chi connectivity index (χ4n) is 10.9. The lowest BCUT2D eigenvalue weighted by Gasteiger charge is -2.31. The second-order valence-corrected chi connectivity index (χ2v) is 31.1. The summed E-state index contributed by atoms with van der Waals surface area (Å²) < 4.78 is 0. The SMILES string of the molecule is C[Si](C)(C)c1ccc(N(c2ccc3ccccc3c2)c2ccc3c(-c4ccccc4)c(-c4ccccc4)c4ccc(N(c5ccc([Si](C)(C)C)cc5)c5ccc6ccccc6c5)c5ccc2c3c54)cc1. The van der Waals surface area contributed by atoms with E-state index in [4.69, 9.17) is 0 Å². The number of fused-ring (bicyclic) bond motifs is 2. The molecule has 0 radical (unpaired) electrons. The van der Waals surface area contributed by atoms with Gasteiger partial charge in [0.1, 0.15) is 0 Å². The normalized spacial score (nSPS) is 12.1. The van der Waals surface area contributed by atoms with E-state index in [0.29, 0.717) is 0 Å². The van der Waals surface area contributed by atoms with Crippen LogP contribution < -0.4 is 20.2 Å². The zero-order valence-electron chi connectivity index (χ0n) is 40.8. The topological polar surface area (TPSA) is 6.48 Å². The highest BCUT2D eigenvalue weighted by Gasteiger charge is 2.27. The van der Waals surface area contributed by atoms with Gasteiger partial charge in [-0.25, -0.2) is 0 Å². The fourth-order valence-corrected chi connectivity index (χ4v) is 13.2. The van der Waals surface area contributed by atoms with Crippen LogP contribution in [0.5, 0.6) is 0 Å². The molecule has 0 saturated carbocycles. The van der Waals surface area contributed by atoms with Crippen LogP contribution in [-0.2, 0) is 0 Å². The number of anilines is 6. The van der Waals surface area contributed by atoms with Gasteiger partial charge in [0.15, 0.2) is 0 Å². The maximum Gasteiger partial charge on any atom is 0.0775 e. The predicted octanol–water partition coefficient (Wildman–Crippen LogP) is 18.3. The van der Waals surface area contributed by atoms with Crippen molar-refractivity contribution in [2.75, 3.05) is 9.80 Å². The molecule has 0 bridgehead atoms. The van der Waals surface area contributed by atoms with Gasteiger partial charge in [-0.05, 0) is 115 Å².